The minimum Gasteiger partial charge on any atom is -0.341 e. The van der Waals surface area contributed by atoms with Crippen LogP contribution in [-0.4, -0.2) is 133 Å². The van der Waals surface area contributed by atoms with Crippen molar-refractivity contribution in [2.75, 3.05) is 67.5 Å². The van der Waals surface area contributed by atoms with Crippen molar-refractivity contribution >= 4 is 35.7 Å². The number of carbonyl (C=O) groups excluding carboxylic acids is 6. The quantitative estimate of drug-likeness (QED) is 0.139. The van der Waals surface area contributed by atoms with Gasteiger partial charge in [-0.05, 0) is 13.8 Å². The molecule has 0 aromatic carbocycles. The van der Waals surface area contributed by atoms with Crippen LogP contribution in [0.5, 0.6) is 0 Å². The summed E-state index contributed by atoms with van der Waals surface area (Å²) in [6.45, 7) is 3.40. The third-order valence-corrected chi connectivity index (χ3v) is 4.27. The van der Waals surface area contributed by atoms with Crippen molar-refractivity contribution in [2.24, 2.45) is 0 Å². The molecule has 0 aromatic heterocycles. The summed E-state index contributed by atoms with van der Waals surface area (Å²) in [6, 6.07) is -0.748. The van der Waals surface area contributed by atoms with Crippen molar-refractivity contribution in [3.05, 3.63) is 0 Å². The van der Waals surface area contributed by atoms with Crippen LogP contribution in [0.2, 0.25) is 0 Å². The second-order valence-corrected chi connectivity index (χ2v) is 6.71. The summed E-state index contributed by atoms with van der Waals surface area (Å²) in [6.07, 6.45) is 0. The van der Waals surface area contributed by atoms with Gasteiger partial charge in [0.2, 0.25) is 11.8 Å². The monoisotopic (exact) mass is 492 g/mol. The fourth-order valence-corrected chi connectivity index (χ4v) is 2.26. The second-order valence-electron chi connectivity index (χ2n) is 6.71. The smallest absolute Gasteiger partial charge is 0.317 e. The van der Waals surface area contributed by atoms with Crippen LogP contribution < -0.4 is 21.6 Å². The number of nitrogens with one attached hydrogen (secondary N) is 4. The zero-order valence-electron chi connectivity index (χ0n) is 20.4. The molecule has 0 radical (unpaired) electrons. The summed E-state index contributed by atoms with van der Waals surface area (Å²) in [4.78, 5) is 72.4. The molecule has 0 unspecified atom stereocenters. The lowest BCUT2D eigenvalue weighted by Crippen LogP contribution is -2.47. The zero-order valence-corrected chi connectivity index (χ0v) is 20.4. The number of carbonyl (C=O) groups is 6. The largest absolute Gasteiger partial charge is 0.341 e. The van der Waals surface area contributed by atoms with Gasteiger partial charge in [0.1, 0.15) is 26.2 Å². The number of nitrogens with zero attached hydrogens (tertiary/aromatic N) is 4. The molecule has 0 fully saturated rings. The fourth-order valence-electron chi connectivity index (χ4n) is 2.26. The average Bonchev–Trinajstić information content (AvgIpc) is 2.84. The van der Waals surface area contributed by atoms with Crippen molar-refractivity contribution < 1.29 is 39.2 Å². The summed E-state index contributed by atoms with van der Waals surface area (Å²) in [5.74, 6) is -2.13. The maximum Gasteiger partial charge on any atom is 0.317 e. The first-order chi connectivity index (χ1) is 15.9. The van der Waals surface area contributed by atoms with Crippen LogP contribution in [0.15, 0.2) is 0 Å². The number of amides is 8. The Balaban J connectivity index is 0. The molecule has 0 saturated heterocycles. The van der Waals surface area contributed by atoms with Crippen LogP contribution in [0.1, 0.15) is 13.8 Å². The normalized spacial score (nSPS) is 9.41. The summed E-state index contributed by atoms with van der Waals surface area (Å²) in [5.41, 5.74) is 2.87. The number of hydrogen-bond acceptors (Lipinski definition) is 8. The highest BCUT2D eigenvalue weighted by molar-refractivity contribution is 5.88. The lowest BCUT2D eigenvalue weighted by molar-refractivity contribution is -0.139. The first kappa shape index (κ1) is 32.5. The van der Waals surface area contributed by atoms with Gasteiger partial charge in [-0.2, -0.15) is 0 Å². The molecule has 0 saturated carbocycles. The van der Waals surface area contributed by atoms with E-state index in [1.807, 2.05) is 0 Å². The molecule has 16 heteroatoms. The fraction of sp³-hybridized carbons (Fsp3) is 0.667. The molecule has 0 rings (SSSR count). The van der Waals surface area contributed by atoms with Gasteiger partial charge in [-0.15, -0.1) is 0 Å². The zero-order chi connectivity index (χ0) is 26.8. The molecular weight excluding hydrogens is 456 g/mol. The Morgan fingerprint density at radius 3 is 1.50 bits per heavy atom. The van der Waals surface area contributed by atoms with Crippen LogP contribution in [0.4, 0.5) is 9.59 Å². The predicted octanol–water partition coefficient (Wildman–Crippen LogP) is -2.78. The van der Waals surface area contributed by atoms with Crippen LogP contribution in [0.25, 0.3) is 0 Å². The summed E-state index contributed by atoms with van der Waals surface area (Å²) in [7, 11) is 5.78. The molecule has 0 spiro atoms. The lowest BCUT2D eigenvalue weighted by atomic mass is 10.4. The van der Waals surface area contributed by atoms with Crippen LogP contribution in [0.3, 0.4) is 0 Å². The minimum absolute atomic E-state index is 0.108. The van der Waals surface area contributed by atoms with Crippen molar-refractivity contribution in [1.29, 1.82) is 0 Å². The van der Waals surface area contributed by atoms with E-state index in [0.717, 1.165) is 4.90 Å². The second kappa shape index (κ2) is 17.8. The SMILES string of the molecule is CCN(CC(=O)NO)C(=O)CN(CC)C(=O)NC.CNC(=O)N(C)CC(=O)N(C)CC(=O)NO. The van der Waals surface area contributed by atoms with E-state index < -0.39 is 23.8 Å². The molecule has 0 atom stereocenters. The van der Waals surface area contributed by atoms with Gasteiger partial charge in [0.25, 0.3) is 11.8 Å². The van der Waals surface area contributed by atoms with E-state index in [2.05, 4.69) is 10.6 Å². The van der Waals surface area contributed by atoms with E-state index >= 15 is 0 Å². The molecule has 0 aromatic rings. The van der Waals surface area contributed by atoms with E-state index in [1.165, 1.54) is 53.9 Å². The van der Waals surface area contributed by atoms with E-state index in [0.29, 0.717) is 13.1 Å². The average molecular weight is 493 g/mol. The molecular formula is C18H36N8O8. The number of rotatable bonds is 10. The summed E-state index contributed by atoms with van der Waals surface area (Å²) >= 11 is 0. The number of urea groups is 2. The van der Waals surface area contributed by atoms with Crippen molar-refractivity contribution in [1.82, 2.24) is 41.2 Å². The van der Waals surface area contributed by atoms with Gasteiger partial charge in [-0.25, -0.2) is 20.5 Å². The van der Waals surface area contributed by atoms with Crippen LogP contribution in [0, 0.1) is 0 Å². The number of hydroxylamine groups is 2. The number of hydrogen-bond donors (Lipinski definition) is 6. The molecule has 0 aliphatic carbocycles. The maximum absolute atomic E-state index is 11.9. The van der Waals surface area contributed by atoms with Gasteiger partial charge >= 0.3 is 12.1 Å². The Labute approximate surface area is 198 Å². The Bertz CT molecular complexity index is 705. The third kappa shape index (κ3) is 13.0. The summed E-state index contributed by atoms with van der Waals surface area (Å²) < 4.78 is 0. The van der Waals surface area contributed by atoms with Gasteiger partial charge in [0, 0.05) is 41.3 Å². The van der Waals surface area contributed by atoms with Crippen molar-refractivity contribution in [3.63, 3.8) is 0 Å². The molecule has 0 bridgehead atoms. The first-order valence-corrected chi connectivity index (χ1v) is 10.2. The Morgan fingerprint density at radius 1 is 0.618 bits per heavy atom. The molecule has 0 aliphatic heterocycles. The van der Waals surface area contributed by atoms with E-state index in [-0.39, 0.29) is 38.1 Å². The summed E-state index contributed by atoms with van der Waals surface area (Å²) in [5, 5.41) is 21.4. The molecule has 8 amide bonds. The molecule has 16 nitrogen and oxygen atoms in total. The Kier molecular flexibility index (Phi) is 17.1. The van der Waals surface area contributed by atoms with Gasteiger partial charge in [0.05, 0.1) is 0 Å². The number of likely N-dealkylation sites (N-methyl/N-ethyl adjacent to an activating group) is 4. The Morgan fingerprint density at radius 2 is 1.09 bits per heavy atom. The molecule has 6 N–H and O–H groups in total. The molecule has 34 heavy (non-hydrogen) atoms. The van der Waals surface area contributed by atoms with E-state index in [1.54, 1.807) is 13.8 Å². The van der Waals surface area contributed by atoms with Gasteiger partial charge in [0.15, 0.2) is 0 Å². The third-order valence-electron chi connectivity index (χ3n) is 4.27. The maximum atomic E-state index is 11.9. The lowest BCUT2D eigenvalue weighted by Gasteiger charge is -2.25. The Hall–Kier alpha value is -3.66. The standard InChI is InChI=1S/C10H20N4O4.C8H16N4O4/c1-4-13(6-8(15)12-18)9(16)7-14(5-2)10(17)11-3;1-9-8(15)12(3)5-7(14)11(2)4-6(13)10-16/h18H,4-7H2,1-3H3,(H,11,17)(H,12,15);16H,4-5H2,1-3H3,(H,9,15)(H,10,13). The van der Waals surface area contributed by atoms with Gasteiger partial charge < -0.3 is 30.2 Å². The highest BCUT2D eigenvalue weighted by atomic mass is 16.5. The van der Waals surface area contributed by atoms with Crippen molar-refractivity contribution in [3.8, 4) is 0 Å². The topological polar surface area (TPSA) is 204 Å². The molecule has 0 heterocycles. The van der Waals surface area contributed by atoms with E-state index in [9.17, 15) is 28.8 Å². The minimum atomic E-state index is -0.696. The predicted molar refractivity (Wildman–Crippen MR) is 119 cm³/mol. The van der Waals surface area contributed by atoms with Gasteiger partial charge in [-0.1, -0.05) is 0 Å². The van der Waals surface area contributed by atoms with Crippen LogP contribution in [-0.2, 0) is 19.2 Å². The molecule has 196 valence electrons. The van der Waals surface area contributed by atoms with Crippen molar-refractivity contribution in [2.45, 2.75) is 13.8 Å². The molecule has 0 aliphatic rings. The first-order valence-electron chi connectivity index (χ1n) is 10.2. The highest BCUT2D eigenvalue weighted by Crippen LogP contribution is 1.95. The van der Waals surface area contributed by atoms with Gasteiger partial charge in [-0.3, -0.25) is 29.6 Å². The van der Waals surface area contributed by atoms with Crippen LogP contribution >= 0.6 is 0 Å². The van der Waals surface area contributed by atoms with E-state index in [4.69, 9.17) is 10.4 Å². The highest BCUT2D eigenvalue weighted by Gasteiger charge is 2.20.